The standard InChI is InChI=1S/C25H26FN.C4H7NO2.C2H6/c1-27-17-16-23(18-25(27)22-8-5-9-24(26)15-14-22)21-12-10-20(11-13-21)19-6-3-2-4-7-19;1-3(5-2)4(6)7;1-2/h2-4,6-8,10-15,18,24-25H,5,9,16-17H2,1H3;1-2H3,(H,6,7);1-2H3. The van der Waals surface area contributed by atoms with Crippen molar-refractivity contribution < 1.29 is 14.3 Å². The number of hydrogen-bond acceptors (Lipinski definition) is 3. The van der Waals surface area contributed by atoms with Crippen molar-refractivity contribution in [1.82, 2.24) is 4.90 Å². The molecule has 0 aromatic heterocycles. The Morgan fingerprint density at radius 3 is 2.22 bits per heavy atom. The molecule has 2 aliphatic rings. The molecule has 0 spiro atoms. The Morgan fingerprint density at radius 2 is 1.64 bits per heavy atom. The number of carboxylic acid groups (broad SMARTS) is 1. The average molecular weight is 491 g/mol. The fraction of sp³-hybridized carbons (Fsp3) is 0.355. The number of aliphatic imine (C=N–C) groups is 1. The van der Waals surface area contributed by atoms with Crippen LogP contribution < -0.4 is 0 Å². The molecule has 0 amide bonds. The minimum absolute atomic E-state index is 0.139. The van der Waals surface area contributed by atoms with E-state index in [-0.39, 0.29) is 11.8 Å². The van der Waals surface area contributed by atoms with Crippen LogP contribution >= 0.6 is 0 Å². The average Bonchev–Trinajstić information content (AvgIpc) is 3.15. The molecule has 1 N–H and O–H groups in total. The van der Waals surface area contributed by atoms with Crippen molar-refractivity contribution >= 4 is 17.3 Å². The zero-order valence-corrected chi connectivity index (χ0v) is 22.1. The molecular weight excluding hydrogens is 451 g/mol. The Kier molecular flexibility index (Phi) is 12.0. The van der Waals surface area contributed by atoms with Crippen molar-refractivity contribution in [3.05, 3.63) is 90.0 Å². The smallest absolute Gasteiger partial charge is 0.349 e. The fourth-order valence-electron chi connectivity index (χ4n) is 4.04. The molecule has 0 bridgehead atoms. The molecule has 0 saturated heterocycles. The maximum absolute atomic E-state index is 13.7. The zero-order chi connectivity index (χ0) is 26.5. The van der Waals surface area contributed by atoms with Gasteiger partial charge in [-0.15, -0.1) is 0 Å². The van der Waals surface area contributed by atoms with Crippen LogP contribution in [0.15, 0.2) is 89.5 Å². The van der Waals surface area contributed by atoms with Crippen molar-refractivity contribution in [2.45, 2.75) is 52.2 Å². The van der Waals surface area contributed by atoms with Crippen LogP contribution in [0, 0.1) is 0 Å². The van der Waals surface area contributed by atoms with Crippen LogP contribution in [0.5, 0.6) is 0 Å². The minimum atomic E-state index is -0.956. The number of allylic oxidation sites excluding steroid dienone is 2. The predicted molar refractivity (Wildman–Crippen MR) is 150 cm³/mol. The van der Waals surface area contributed by atoms with Gasteiger partial charge in [0.2, 0.25) is 0 Å². The molecule has 0 fully saturated rings. The van der Waals surface area contributed by atoms with Crippen LogP contribution in [0.2, 0.25) is 0 Å². The molecule has 0 radical (unpaired) electrons. The number of alkyl halides is 1. The molecule has 1 aliphatic carbocycles. The van der Waals surface area contributed by atoms with Gasteiger partial charge in [-0.25, -0.2) is 9.18 Å². The summed E-state index contributed by atoms with van der Waals surface area (Å²) in [4.78, 5) is 15.6. The molecule has 2 aromatic carbocycles. The first-order valence-electron chi connectivity index (χ1n) is 12.6. The van der Waals surface area contributed by atoms with Crippen LogP contribution in [0.4, 0.5) is 4.39 Å². The van der Waals surface area contributed by atoms with Crippen LogP contribution in [-0.4, -0.2) is 54.5 Å². The number of benzene rings is 2. The molecule has 1 aliphatic heterocycles. The summed E-state index contributed by atoms with van der Waals surface area (Å²) in [6.45, 7) is 6.46. The van der Waals surface area contributed by atoms with Gasteiger partial charge in [-0.3, -0.25) is 9.89 Å². The summed E-state index contributed by atoms with van der Waals surface area (Å²) >= 11 is 0. The second kappa shape index (κ2) is 14.9. The first kappa shape index (κ1) is 28.9. The van der Waals surface area contributed by atoms with Gasteiger partial charge >= 0.3 is 5.97 Å². The summed E-state index contributed by atoms with van der Waals surface area (Å²) in [6, 6.07) is 19.6. The predicted octanol–water partition coefficient (Wildman–Crippen LogP) is 7.24. The van der Waals surface area contributed by atoms with E-state index >= 15 is 0 Å². The van der Waals surface area contributed by atoms with Crippen molar-refractivity contribution in [2.75, 3.05) is 20.6 Å². The maximum atomic E-state index is 13.7. The summed E-state index contributed by atoms with van der Waals surface area (Å²) in [5, 5.41) is 8.05. The second-order valence-corrected chi connectivity index (χ2v) is 8.58. The highest BCUT2D eigenvalue weighted by atomic mass is 19.1. The highest BCUT2D eigenvalue weighted by Crippen LogP contribution is 2.30. The van der Waals surface area contributed by atoms with Crippen molar-refractivity contribution in [3.63, 3.8) is 0 Å². The number of carbonyl (C=O) groups is 1. The largest absolute Gasteiger partial charge is 0.477 e. The van der Waals surface area contributed by atoms with Crippen LogP contribution in [-0.2, 0) is 4.79 Å². The number of rotatable bonds is 4. The van der Waals surface area contributed by atoms with Gasteiger partial charge in [-0.1, -0.05) is 92.7 Å². The lowest BCUT2D eigenvalue weighted by atomic mass is 9.91. The summed E-state index contributed by atoms with van der Waals surface area (Å²) in [5.41, 5.74) is 6.51. The van der Waals surface area contributed by atoms with Crippen molar-refractivity contribution in [2.24, 2.45) is 4.99 Å². The first-order valence-corrected chi connectivity index (χ1v) is 12.6. The summed E-state index contributed by atoms with van der Waals surface area (Å²) in [5.74, 6) is -0.956. The molecule has 2 atom stereocenters. The molecule has 2 aromatic rings. The van der Waals surface area contributed by atoms with Crippen molar-refractivity contribution in [3.8, 4) is 11.1 Å². The Hall–Kier alpha value is -3.31. The van der Waals surface area contributed by atoms with Gasteiger partial charge in [0.15, 0.2) is 0 Å². The lowest BCUT2D eigenvalue weighted by Gasteiger charge is -2.32. The van der Waals surface area contributed by atoms with E-state index in [0.717, 1.165) is 19.4 Å². The maximum Gasteiger partial charge on any atom is 0.349 e. The summed E-state index contributed by atoms with van der Waals surface area (Å²) in [6.07, 6.45) is 9.88. The van der Waals surface area contributed by atoms with Gasteiger partial charge in [-0.05, 0) is 61.1 Å². The number of halogens is 1. The fourth-order valence-corrected chi connectivity index (χ4v) is 4.04. The van der Waals surface area contributed by atoms with Crippen LogP contribution in [0.25, 0.3) is 16.7 Å². The lowest BCUT2D eigenvalue weighted by molar-refractivity contribution is -0.129. The van der Waals surface area contributed by atoms with Gasteiger partial charge < -0.3 is 5.11 Å². The van der Waals surface area contributed by atoms with Crippen LogP contribution in [0.3, 0.4) is 0 Å². The number of nitrogens with zero attached hydrogens (tertiary/aromatic N) is 2. The van der Waals surface area contributed by atoms with Crippen molar-refractivity contribution in [1.29, 1.82) is 0 Å². The Bertz CT molecular complexity index is 1090. The third-order valence-electron chi connectivity index (χ3n) is 6.24. The number of carboxylic acids is 1. The van der Waals surface area contributed by atoms with E-state index in [9.17, 15) is 9.18 Å². The van der Waals surface area contributed by atoms with Crippen LogP contribution in [0.1, 0.15) is 45.6 Å². The van der Waals surface area contributed by atoms with Gasteiger partial charge in [0.1, 0.15) is 11.9 Å². The molecule has 5 heteroatoms. The molecule has 0 saturated carbocycles. The van der Waals surface area contributed by atoms with Gasteiger partial charge in [0.05, 0.1) is 6.04 Å². The highest BCUT2D eigenvalue weighted by Gasteiger charge is 2.22. The number of aliphatic carboxylic acids is 1. The Morgan fingerprint density at radius 1 is 1.03 bits per heavy atom. The highest BCUT2D eigenvalue weighted by molar-refractivity contribution is 6.34. The second-order valence-electron chi connectivity index (χ2n) is 8.58. The number of likely N-dealkylation sites (N-methyl/N-ethyl adjacent to an activating group) is 1. The molecule has 192 valence electrons. The van der Waals surface area contributed by atoms with E-state index in [0.29, 0.717) is 6.42 Å². The zero-order valence-electron chi connectivity index (χ0n) is 22.1. The van der Waals surface area contributed by atoms with E-state index < -0.39 is 12.1 Å². The summed E-state index contributed by atoms with van der Waals surface area (Å²) in [7, 11) is 3.60. The molecule has 4 rings (SSSR count). The third-order valence-corrected chi connectivity index (χ3v) is 6.24. The van der Waals surface area contributed by atoms with E-state index in [1.54, 1.807) is 6.08 Å². The summed E-state index contributed by atoms with van der Waals surface area (Å²) < 4.78 is 13.7. The Balaban J connectivity index is 0.000000440. The molecule has 36 heavy (non-hydrogen) atoms. The molecular formula is C31H39FN2O2. The quantitative estimate of drug-likeness (QED) is 0.460. The van der Waals surface area contributed by atoms with E-state index in [1.807, 2.05) is 26.0 Å². The Labute approximate surface area is 215 Å². The molecule has 1 heterocycles. The van der Waals surface area contributed by atoms with E-state index in [1.165, 1.54) is 41.8 Å². The van der Waals surface area contributed by atoms with Gasteiger partial charge in [-0.2, -0.15) is 0 Å². The van der Waals surface area contributed by atoms with Gasteiger partial charge in [0, 0.05) is 13.6 Å². The topological polar surface area (TPSA) is 52.9 Å². The third kappa shape index (κ3) is 8.42. The normalized spacial score (nSPS) is 20.0. The van der Waals surface area contributed by atoms with E-state index in [2.05, 4.69) is 77.6 Å². The molecule has 2 unspecified atom stereocenters. The first-order chi connectivity index (χ1) is 17.4. The molecule has 4 nitrogen and oxygen atoms in total. The minimum Gasteiger partial charge on any atom is -0.477 e. The van der Waals surface area contributed by atoms with E-state index in [4.69, 9.17) is 5.11 Å². The van der Waals surface area contributed by atoms with Gasteiger partial charge in [0.25, 0.3) is 0 Å². The SMILES string of the molecule is CC.CN1CCC(c2ccc(-c3ccccc3)cc2)=CC1C1=CCCC(F)C=C1.CN=C(C)C(=O)O. The number of hydrogen-bond donors (Lipinski definition) is 1. The lowest BCUT2D eigenvalue weighted by Crippen LogP contribution is -2.35. The monoisotopic (exact) mass is 490 g/mol.